The van der Waals surface area contributed by atoms with E-state index >= 15 is 0 Å². The number of hydrogen-bond acceptors (Lipinski definition) is 7. The highest BCUT2D eigenvalue weighted by Crippen LogP contribution is 2.11. The smallest absolute Gasteiger partial charge is 0.315 e. The maximum Gasteiger partial charge on any atom is 0.315 e. The van der Waals surface area contributed by atoms with Gasteiger partial charge in [0, 0.05) is 17.6 Å². The van der Waals surface area contributed by atoms with Crippen molar-refractivity contribution in [2.75, 3.05) is 5.32 Å². The second-order valence-corrected chi connectivity index (χ2v) is 5.81. The highest BCUT2D eigenvalue weighted by Gasteiger charge is 2.17. The number of hydrogen-bond donors (Lipinski definition) is 2. The van der Waals surface area contributed by atoms with Crippen LogP contribution < -0.4 is 10.6 Å². The Labute approximate surface area is 152 Å². The predicted octanol–water partition coefficient (Wildman–Crippen LogP) is 2.13. The summed E-state index contributed by atoms with van der Waals surface area (Å²) >= 11 is 5.89. The van der Waals surface area contributed by atoms with E-state index in [1.807, 2.05) is 6.07 Å². The van der Waals surface area contributed by atoms with Crippen molar-refractivity contribution in [3.05, 3.63) is 58.4 Å². The van der Waals surface area contributed by atoms with Gasteiger partial charge in [-0.3, -0.25) is 9.59 Å². The van der Waals surface area contributed by atoms with Crippen LogP contribution in [0, 0.1) is 6.92 Å². The molecular weight excluding hydrogens is 362 g/mol. The molecule has 0 saturated heterocycles. The van der Waals surface area contributed by atoms with Crippen LogP contribution in [0.1, 0.15) is 27.8 Å². The fourth-order valence-corrected chi connectivity index (χ4v) is 2.29. The van der Waals surface area contributed by atoms with E-state index in [1.165, 1.54) is 0 Å². The Kier molecular flexibility index (Phi) is 5.28. The van der Waals surface area contributed by atoms with Crippen LogP contribution in [0.15, 0.2) is 39.4 Å². The number of carbonyl (C=O) groups excluding carboxylic acids is 2. The van der Waals surface area contributed by atoms with Gasteiger partial charge in [0.1, 0.15) is 5.76 Å². The molecule has 2 heterocycles. The topological polar surface area (TPSA) is 123 Å². The van der Waals surface area contributed by atoms with Crippen LogP contribution in [0.5, 0.6) is 0 Å². The lowest BCUT2D eigenvalue weighted by Gasteiger charge is -2.02. The summed E-state index contributed by atoms with van der Waals surface area (Å²) in [6.07, 6.45) is -0.170. The number of amides is 2. The zero-order valence-electron chi connectivity index (χ0n) is 13.7. The molecule has 0 radical (unpaired) electrons. The molecule has 26 heavy (non-hydrogen) atoms. The average Bonchev–Trinajstić information content (AvgIpc) is 3.22. The van der Waals surface area contributed by atoms with Crippen molar-refractivity contribution in [1.82, 2.24) is 20.6 Å². The van der Waals surface area contributed by atoms with Crippen LogP contribution in [0.2, 0.25) is 5.02 Å². The van der Waals surface area contributed by atoms with Crippen LogP contribution in [0.3, 0.4) is 0 Å². The molecule has 0 saturated carbocycles. The van der Waals surface area contributed by atoms with E-state index in [0.717, 1.165) is 5.56 Å². The van der Waals surface area contributed by atoms with Gasteiger partial charge in [-0.05, 0) is 24.6 Å². The lowest BCUT2D eigenvalue weighted by atomic mass is 10.2. The molecule has 0 unspecified atom stereocenters. The van der Waals surface area contributed by atoms with E-state index in [1.54, 1.807) is 31.2 Å². The molecule has 0 aliphatic carbocycles. The van der Waals surface area contributed by atoms with Gasteiger partial charge in [-0.15, -0.1) is 0 Å². The standard InChI is InChI=1S/C16H14ClN5O4/c1-9-5-12(21-25-9)19-14(23)7-13-20-16(26-22-13)15(24)18-8-10-3-2-4-11(17)6-10/h2-6H,7-8H2,1H3,(H,18,24)(H,19,21,23). The molecule has 0 spiro atoms. The van der Waals surface area contributed by atoms with Crippen molar-refractivity contribution in [2.24, 2.45) is 0 Å². The number of nitrogens with zero attached hydrogens (tertiary/aromatic N) is 3. The van der Waals surface area contributed by atoms with E-state index < -0.39 is 11.8 Å². The minimum Gasteiger partial charge on any atom is -0.360 e. The summed E-state index contributed by atoms with van der Waals surface area (Å²) < 4.78 is 9.73. The molecule has 10 heteroatoms. The summed E-state index contributed by atoms with van der Waals surface area (Å²) in [4.78, 5) is 27.8. The van der Waals surface area contributed by atoms with Gasteiger partial charge >= 0.3 is 11.8 Å². The van der Waals surface area contributed by atoms with Gasteiger partial charge in [-0.1, -0.05) is 34.0 Å². The first-order valence-corrected chi connectivity index (χ1v) is 7.96. The lowest BCUT2D eigenvalue weighted by molar-refractivity contribution is -0.115. The average molecular weight is 376 g/mol. The molecular formula is C16H14ClN5O4. The largest absolute Gasteiger partial charge is 0.360 e. The monoisotopic (exact) mass is 375 g/mol. The second kappa shape index (κ2) is 7.79. The fourth-order valence-electron chi connectivity index (χ4n) is 2.08. The van der Waals surface area contributed by atoms with Crippen molar-refractivity contribution in [1.29, 1.82) is 0 Å². The lowest BCUT2D eigenvalue weighted by Crippen LogP contribution is -2.23. The Morgan fingerprint density at radius 1 is 1.19 bits per heavy atom. The second-order valence-electron chi connectivity index (χ2n) is 5.38. The molecule has 3 aromatic rings. The Balaban J connectivity index is 1.53. The number of halogens is 1. The summed E-state index contributed by atoms with van der Waals surface area (Å²) in [6.45, 7) is 1.96. The molecule has 0 bridgehead atoms. The SMILES string of the molecule is Cc1cc(NC(=O)Cc2noc(C(=O)NCc3cccc(Cl)c3)n2)no1. The van der Waals surface area contributed by atoms with Crippen molar-refractivity contribution in [3.63, 3.8) is 0 Å². The van der Waals surface area contributed by atoms with Crippen molar-refractivity contribution in [2.45, 2.75) is 19.9 Å². The summed E-state index contributed by atoms with van der Waals surface area (Å²) in [5.41, 5.74) is 0.827. The van der Waals surface area contributed by atoms with Crippen LogP contribution in [-0.2, 0) is 17.8 Å². The van der Waals surface area contributed by atoms with Gasteiger partial charge in [0.05, 0.1) is 6.42 Å². The summed E-state index contributed by atoms with van der Waals surface area (Å²) in [5.74, 6) is -0.252. The molecule has 2 aromatic heterocycles. The third-order valence-electron chi connectivity index (χ3n) is 3.22. The summed E-state index contributed by atoms with van der Waals surface area (Å²) in [7, 11) is 0. The maximum absolute atomic E-state index is 12.0. The van der Waals surface area contributed by atoms with Gasteiger partial charge in [-0.25, -0.2) is 0 Å². The highest BCUT2D eigenvalue weighted by molar-refractivity contribution is 6.30. The van der Waals surface area contributed by atoms with Gasteiger partial charge < -0.3 is 19.7 Å². The molecule has 0 aliphatic heterocycles. The molecule has 2 N–H and O–H groups in total. The van der Waals surface area contributed by atoms with Crippen LogP contribution in [-0.4, -0.2) is 27.1 Å². The molecule has 134 valence electrons. The van der Waals surface area contributed by atoms with Gasteiger partial charge in [0.2, 0.25) is 5.91 Å². The number of benzene rings is 1. The number of rotatable bonds is 6. The number of aryl methyl sites for hydroxylation is 1. The molecule has 3 rings (SSSR count). The Morgan fingerprint density at radius 3 is 2.77 bits per heavy atom. The minimum absolute atomic E-state index is 0.0793. The number of anilines is 1. The number of nitrogens with one attached hydrogen (secondary N) is 2. The van der Waals surface area contributed by atoms with E-state index in [4.69, 9.17) is 20.6 Å². The Hall–Kier alpha value is -3.20. The van der Waals surface area contributed by atoms with E-state index in [9.17, 15) is 9.59 Å². The fraction of sp³-hybridized carbons (Fsp3) is 0.188. The van der Waals surface area contributed by atoms with Crippen LogP contribution in [0.25, 0.3) is 0 Å². The summed E-state index contributed by atoms with van der Waals surface area (Å²) in [5, 5.41) is 13.0. The van der Waals surface area contributed by atoms with Gasteiger partial charge in [0.15, 0.2) is 11.6 Å². The quantitative estimate of drug-likeness (QED) is 0.676. The number of carbonyl (C=O) groups is 2. The van der Waals surface area contributed by atoms with Gasteiger partial charge in [-0.2, -0.15) is 4.98 Å². The highest BCUT2D eigenvalue weighted by atomic mass is 35.5. The van der Waals surface area contributed by atoms with Crippen molar-refractivity contribution in [3.8, 4) is 0 Å². The van der Waals surface area contributed by atoms with Gasteiger partial charge in [0.25, 0.3) is 0 Å². The molecule has 2 amide bonds. The molecule has 9 nitrogen and oxygen atoms in total. The predicted molar refractivity (Wildman–Crippen MR) is 90.5 cm³/mol. The summed E-state index contributed by atoms with van der Waals surface area (Å²) in [6, 6.07) is 8.65. The van der Waals surface area contributed by atoms with E-state index in [-0.39, 0.29) is 30.5 Å². The zero-order valence-corrected chi connectivity index (χ0v) is 14.4. The molecule has 0 atom stereocenters. The Morgan fingerprint density at radius 2 is 2.04 bits per heavy atom. The number of aromatic nitrogens is 3. The molecule has 1 aromatic carbocycles. The van der Waals surface area contributed by atoms with E-state index in [2.05, 4.69) is 25.9 Å². The zero-order chi connectivity index (χ0) is 18.5. The van der Waals surface area contributed by atoms with Crippen LogP contribution >= 0.6 is 11.6 Å². The first-order valence-electron chi connectivity index (χ1n) is 7.58. The molecule has 0 fully saturated rings. The third kappa shape index (κ3) is 4.67. The third-order valence-corrected chi connectivity index (χ3v) is 3.45. The normalized spacial score (nSPS) is 10.5. The maximum atomic E-state index is 12.0. The van der Waals surface area contributed by atoms with Crippen LogP contribution in [0.4, 0.5) is 5.82 Å². The minimum atomic E-state index is -0.545. The van der Waals surface area contributed by atoms with E-state index in [0.29, 0.717) is 10.8 Å². The first kappa shape index (κ1) is 17.6. The van der Waals surface area contributed by atoms with Crippen molar-refractivity contribution >= 4 is 29.2 Å². The Bertz CT molecular complexity index is 936. The van der Waals surface area contributed by atoms with Crippen molar-refractivity contribution < 1.29 is 18.6 Å². The molecule has 0 aliphatic rings. The first-order chi connectivity index (χ1) is 12.5.